The van der Waals surface area contributed by atoms with E-state index in [-0.39, 0.29) is 23.3 Å². The van der Waals surface area contributed by atoms with Gasteiger partial charge in [-0.25, -0.2) is 8.42 Å². The maximum Gasteiger partial charge on any atom is 0.264 e. The molecule has 1 unspecified atom stereocenters. The number of rotatable bonds is 11. The van der Waals surface area contributed by atoms with Gasteiger partial charge in [0.25, 0.3) is 10.0 Å². The number of carbonyl (C=O) groups excluding carboxylic acids is 2. The number of benzene rings is 3. The predicted octanol–water partition coefficient (Wildman–Crippen LogP) is 4.83. The van der Waals surface area contributed by atoms with Gasteiger partial charge in [0.1, 0.15) is 12.6 Å². The van der Waals surface area contributed by atoms with Crippen LogP contribution in [0.5, 0.6) is 0 Å². The molecule has 37 heavy (non-hydrogen) atoms. The molecule has 7 nitrogen and oxygen atoms in total. The average Bonchev–Trinajstić information content (AvgIpc) is 2.89. The normalized spacial score (nSPS) is 12.1. The van der Waals surface area contributed by atoms with E-state index in [1.807, 2.05) is 38.1 Å². The Morgan fingerprint density at radius 3 is 2.11 bits per heavy atom. The van der Waals surface area contributed by atoms with E-state index in [0.717, 1.165) is 14.3 Å². The van der Waals surface area contributed by atoms with Gasteiger partial charge in [-0.3, -0.25) is 13.9 Å². The molecule has 0 aliphatic carbocycles. The zero-order valence-corrected chi connectivity index (χ0v) is 23.6. The number of hydrogen-bond acceptors (Lipinski definition) is 4. The van der Waals surface area contributed by atoms with E-state index in [1.165, 1.54) is 17.0 Å². The van der Waals surface area contributed by atoms with Gasteiger partial charge in [0.15, 0.2) is 0 Å². The topological polar surface area (TPSA) is 86.8 Å². The molecular formula is C28H32BrN3O4S. The van der Waals surface area contributed by atoms with Gasteiger partial charge >= 0.3 is 0 Å². The van der Waals surface area contributed by atoms with Crippen LogP contribution in [0, 0.1) is 5.92 Å². The molecule has 9 heteroatoms. The molecule has 2 amide bonds. The molecule has 0 bridgehead atoms. The Morgan fingerprint density at radius 1 is 0.892 bits per heavy atom. The quantitative estimate of drug-likeness (QED) is 0.349. The summed E-state index contributed by atoms with van der Waals surface area (Å²) in [7, 11) is -4.05. The fraction of sp³-hybridized carbons (Fsp3) is 0.286. The van der Waals surface area contributed by atoms with Gasteiger partial charge in [-0.1, -0.05) is 78.3 Å². The number of sulfonamides is 1. The standard InChI is InChI=1S/C28H32BrN3O4S/c1-21(2)18-30-28(34)22(3)31(19-23-11-10-12-24(29)17-23)27(33)20-32(25-13-6-4-7-14-25)37(35,36)26-15-8-5-9-16-26/h4-17,21-22H,18-20H2,1-3H3,(H,30,34). The van der Waals surface area contributed by atoms with E-state index < -0.39 is 28.5 Å². The lowest BCUT2D eigenvalue weighted by molar-refractivity contribution is -0.139. The summed E-state index contributed by atoms with van der Waals surface area (Å²) >= 11 is 3.45. The molecule has 3 rings (SSSR count). The van der Waals surface area contributed by atoms with Crippen molar-refractivity contribution in [3.8, 4) is 0 Å². The van der Waals surface area contributed by atoms with Gasteiger partial charge in [0, 0.05) is 17.6 Å². The molecule has 0 aliphatic heterocycles. The lowest BCUT2D eigenvalue weighted by Crippen LogP contribution is -2.51. The highest BCUT2D eigenvalue weighted by atomic mass is 79.9. The van der Waals surface area contributed by atoms with Crippen LogP contribution in [0.3, 0.4) is 0 Å². The number of nitrogens with zero attached hydrogens (tertiary/aromatic N) is 2. The number of carbonyl (C=O) groups is 2. The molecule has 3 aromatic carbocycles. The van der Waals surface area contributed by atoms with E-state index in [4.69, 9.17) is 0 Å². The monoisotopic (exact) mass is 585 g/mol. The van der Waals surface area contributed by atoms with Gasteiger partial charge in [-0.05, 0) is 54.8 Å². The molecule has 196 valence electrons. The Hall–Kier alpha value is -3.17. The Bertz CT molecular complexity index is 1300. The minimum atomic E-state index is -4.05. The molecular weight excluding hydrogens is 554 g/mol. The van der Waals surface area contributed by atoms with E-state index in [0.29, 0.717) is 12.2 Å². The van der Waals surface area contributed by atoms with Crippen molar-refractivity contribution in [3.63, 3.8) is 0 Å². The summed E-state index contributed by atoms with van der Waals surface area (Å²) in [5.74, 6) is -0.542. The highest BCUT2D eigenvalue weighted by Gasteiger charge is 2.32. The molecule has 3 aromatic rings. The minimum absolute atomic E-state index is 0.0768. The largest absolute Gasteiger partial charge is 0.354 e. The highest BCUT2D eigenvalue weighted by Crippen LogP contribution is 2.24. The van der Waals surface area contributed by atoms with Crippen molar-refractivity contribution in [2.45, 2.75) is 38.3 Å². The summed E-state index contributed by atoms with van der Waals surface area (Å²) in [4.78, 5) is 28.3. The van der Waals surface area contributed by atoms with Gasteiger partial charge < -0.3 is 10.2 Å². The van der Waals surface area contributed by atoms with Gasteiger partial charge in [0.05, 0.1) is 10.6 Å². The molecule has 0 aromatic heterocycles. The van der Waals surface area contributed by atoms with Crippen LogP contribution in [0.2, 0.25) is 0 Å². The lowest BCUT2D eigenvalue weighted by atomic mass is 10.1. The first-order chi connectivity index (χ1) is 17.6. The summed E-state index contributed by atoms with van der Waals surface area (Å²) in [5, 5.41) is 2.88. The maximum atomic E-state index is 13.8. The van der Waals surface area contributed by atoms with Crippen LogP contribution in [0.25, 0.3) is 0 Å². The number of nitrogens with one attached hydrogen (secondary N) is 1. The summed E-state index contributed by atoms with van der Waals surface area (Å²) in [6, 6.07) is 23.1. The fourth-order valence-corrected chi connectivity index (χ4v) is 5.59. The molecule has 0 spiro atoms. The Kier molecular flexibility index (Phi) is 9.88. The van der Waals surface area contributed by atoms with Crippen molar-refractivity contribution >= 4 is 43.5 Å². The van der Waals surface area contributed by atoms with Crippen molar-refractivity contribution in [2.24, 2.45) is 5.92 Å². The van der Waals surface area contributed by atoms with Crippen LogP contribution >= 0.6 is 15.9 Å². The third-order valence-corrected chi connectivity index (χ3v) is 8.03. The third kappa shape index (κ3) is 7.66. The molecule has 0 aliphatic rings. The number of amides is 2. The second-order valence-corrected chi connectivity index (χ2v) is 11.9. The van der Waals surface area contributed by atoms with Crippen LogP contribution < -0.4 is 9.62 Å². The molecule has 0 saturated heterocycles. The molecule has 1 N–H and O–H groups in total. The first kappa shape index (κ1) is 28.4. The van der Waals surface area contributed by atoms with E-state index in [1.54, 1.807) is 55.5 Å². The first-order valence-corrected chi connectivity index (χ1v) is 14.3. The second kappa shape index (κ2) is 12.9. The third-order valence-electron chi connectivity index (χ3n) is 5.75. The predicted molar refractivity (Wildman–Crippen MR) is 149 cm³/mol. The minimum Gasteiger partial charge on any atom is -0.354 e. The van der Waals surface area contributed by atoms with Crippen LogP contribution in [0.15, 0.2) is 94.3 Å². The zero-order chi connectivity index (χ0) is 27.0. The lowest BCUT2D eigenvalue weighted by Gasteiger charge is -2.32. The van der Waals surface area contributed by atoms with E-state index in [9.17, 15) is 18.0 Å². The smallest absolute Gasteiger partial charge is 0.264 e. The van der Waals surface area contributed by atoms with Crippen LogP contribution in [0.1, 0.15) is 26.3 Å². The van der Waals surface area contributed by atoms with Crippen molar-refractivity contribution < 1.29 is 18.0 Å². The SMILES string of the molecule is CC(C)CNC(=O)C(C)N(Cc1cccc(Br)c1)C(=O)CN(c1ccccc1)S(=O)(=O)c1ccccc1. The van der Waals surface area contributed by atoms with E-state index in [2.05, 4.69) is 21.2 Å². The van der Waals surface area contributed by atoms with Crippen molar-refractivity contribution in [1.29, 1.82) is 0 Å². The molecule has 0 radical (unpaired) electrons. The zero-order valence-electron chi connectivity index (χ0n) is 21.2. The maximum absolute atomic E-state index is 13.8. The fourth-order valence-electron chi connectivity index (χ4n) is 3.71. The second-order valence-electron chi connectivity index (χ2n) is 9.13. The van der Waals surface area contributed by atoms with Crippen LogP contribution in [0.4, 0.5) is 5.69 Å². The first-order valence-electron chi connectivity index (χ1n) is 12.0. The van der Waals surface area contributed by atoms with Gasteiger partial charge in [-0.2, -0.15) is 0 Å². The number of halogens is 1. The summed E-state index contributed by atoms with van der Waals surface area (Å²) in [6.07, 6.45) is 0. The summed E-state index contributed by atoms with van der Waals surface area (Å²) in [6.45, 7) is 5.79. The summed E-state index contributed by atoms with van der Waals surface area (Å²) < 4.78 is 29.2. The molecule has 0 saturated carbocycles. The van der Waals surface area contributed by atoms with E-state index >= 15 is 0 Å². The molecule has 0 heterocycles. The summed E-state index contributed by atoms with van der Waals surface area (Å²) in [5.41, 5.74) is 1.17. The van der Waals surface area contributed by atoms with Crippen molar-refractivity contribution in [2.75, 3.05) is 17.4 Å². The average molecular weight is 587 g/mol. The number of anilines is 1. The Labute approximate surface area is 227 Å². The molecule has 0 fully saturated rings. The highest BCUT2D eigenvalue weighted by molar-refractivity contribution is 9.10. The Morgan fingerprint density at radius 2 is 1.51 bits per heavy atom. The van der Waals surface area contributed by atoms with Crippen LogP contribution in [-0.4, -0.2) is 44.3 Å². The number of hydrogen-bond donors (Lipinski definition) is 1. The van der Waals surface area contributed by atoms with Gasteiger partial charge in [0.2, 0.25) is 11.8 Å². The number of para-hydroxylation sites is 1. The molecule has 1 atom stereocenters. The van der Waals surface area contributed by atoms with Gasteiger partial charge in [-0.15, -0.1) is 0 Å². The van der Waals surface area contributed by atoms with Crippen molar-refractivity contribution in [1.82, 2.24) is 10.2 Å². The van der Waals surface area contributed by atoms with Crippen molar-refractivity contribution in [3.05, 3.63) is 95.0 Å². The Balaban J connectivity index is 1.97. The van der Waals surface area contributed by atoms with Crippen LogP contribution in [-0.2, 0) is 26.2 Å².